The SMILES string of the molecule is O=C1C[C@@H](NC(=O)N2CCCc3ccccc32)CN1c1ccc(Cl)cc1. The molecular formula is C20H20ClN3O2. The molecule has 1 N–H and O–H groups in total. The molecule has 2 aliphatic heterocycles. The van der Waals surface area contributed by atoms with Crippen LogP contribution in [0.1, 0.15) is 18.4 Å². The van der Waals surface area contributed by atoms with Crippen LogP contribution in [-0.2, 0) is 11.2 Å². The van der Waals surface area contributed by atoms with Crippen LogP contribution < -0.4 is 15.1 Å². The highest BCUT2D eigenvalue weighted by atomic mass is 35.5. The lowest BCUT2D eigenvalue weighted by atomic mass is 10.0. The Labute approximate surface area is 157 Å². The van der Waals surface area contributed by atoms with E-state index in [0.29, 0.717) is 24.5 Å². The average molecular weight is 370 g/mol. The molecule has 0 unspecified atom stereocenters. The van der Waals surface area contributed by atoms with Gasteiger partial charge in [0.25, 0.3) is 0 Å². The van der Waals surface area contributed by atoms with Crippen molar-refractivity contribution >= 4 is 34.9 Å². The van der Waals surface area contributed by atoms with Crippen LogP contribution in [0.4, 0.5) is 16.2 Å². The van der Waals surface area contributed by atoms with Crippen LogP contribution >= 0.6 is 11.6 Å². The number of hydrogen-bond donors (Lipinski definition) is 1. The van der Waals surface area contributed by atoms with Crippen LogP contribution in [0.5, 0.6) is 0 Å². The lowest BCUT2D eigenvalue weighted by molar-refractivity contribution is -0.117. The molecule has 0 radical (unpaired) electrons. The molecule has 4 rings (SSSR count). The molecule has 0 spiro atoms. The van der Waals surface area contributed by atoms with Crippen LogP contribution in [0.15, 0.2) is 48.5 Å². The van der Waals surface area contributed by atoms with E-state index in [1.807, 2.05) is 30.3 Å². The number of aryl methyl sites for hydroxylation is 1. The maximum Gasteiger partial charge on any atom is 0.322 e. The molecule has 5 nitrogen and oxygen atoms in total. The minimum absolute atomic E-state index is 0.0108. The molecule has 1 atom stereocenters. The normalized spacial score (nSPS) is 19.4. The van der Waals surface area contributed by atoms with E-state index in [-0.39, 0.29) is 18.0 Å². The van der Waals surface area contributed by atoms with Crippen molar-refractivity contribution in [2.45, 2.75) is 25.3 Å². The summed E-state index contributed by atoms with van der Waals surface area (Å²) in [6, 6.07) is 14.8. The number of fused-ring (bicyclic) bond motifs is 1. The van der Waals surface area contributed by atoms with Crippen molar-refractivity contribution in [2.24, 2.45) is 0 Å². The maximum absolute atomic E-state index is 12.8. The Morgan fingerprint density at radius 1 is 1.12 bits per heavy atom. The van der Waals surface area contributed by atoms with E-state index in [4.69, 9.17) is 11.6 Å². The molecule has 2 aromatic carbocycles. The number of amides is 3. The van der Waals surface area contributed by atoms with E-state index in [9.17, 15) is 9.59 Å². The van der Waals surface area contributed by atoms with E-state index in [2.05, 4.69) is 11.4 Å². The van der Waals surface area contributed by atoms with Gasteiger partial charge in [0.15, 0.2) is 0 Å². The van der Waals surface area contributed by atoms with E-state index in [1.54, 1.807) is 21.9 Å². The molecule has 2 aliphatic rings. The lowest BCUT2D eigenvalue weighted by Crippen LogP contribution is -2.47. The van der Waals surface area contributed by atoms with Gasteiger partial charge in [0.2, 0.25) is 5.91 Å². The second kappa shape index (κ2) is 7.00. The number of nitrogens with zero attached hydrogens (tertiary/aromatic N) is 2. The first kappa shape index (κ1) is 16.9. The molecule has 134 valence electrons. The highest BCUT2D eigenvalue weighted by Crippen LogP contribution is 2.27. The minimum Gasteiger partial charge on any atom is -0.333 e. The zero-order valence-corrected chi connectivity index (χ0v) is 15.1. The monoisotopic (exact) mass is 369 g/mol. The fourth-order valence-electron chi connectivity index (χ4n) is 3.67. The standard InChI is InChI=1S/C20H20ClN3O2/c21-15-7-9-17(10-8-15)24-13-16(12-19(24)25)22-20(26)23-11-3-5-14-4-1-2-6-18(14)23/h1-2,4,6-10,16H,3,5,11-13H2,(H,22,26)/t16-/m1/s1. The van der Waals surface area contributed by atoms with E-state index < -0.39 is 0 Å². The molecule has 0 saturated carbocycles. The highest BCUT2D eigenvalue weighted by Gasteiger charge is 2.33. The summed E-state index contributed by atoms with van der Waals surface area (Å²) >= 11 is 5.91. The van der Waals surface area contributed by atoms with Crippen LogP contribution in [-0.4, -0.2) is 31.1 Å². The van der Waals surface area contributed by atoms with Crippen LogP contribution in [0, 0.1) is 0 Å². The maximum atomic E-state index is 12.8. The van der Waals surface area contributed by atoms with Crippen molar-refractivity contribution < 1.29 is 9.59 Å². The molecular weight excluding hydrogens is 350 g/mol. The molecule has 2 heterocycles. The third-order valence-electron chi connectivity index (χ3n) is 4.95. The fourth-order valence-corrected chi connectivity index (χ4v) is 3.80. The lowest BCUT2D eigenvalue weighted by Gasteiger charge is -2.30. The van der Waals surface area contributed by atoms with Gasteiger partial charge in [0.05, 0.1) is 6.04 Å². The van der Waals surface area contributed by atoms with Crippen molar-refractivity contribution in [3.63, 3.8) is 0 Å². The zero-order chi connectivity index (χ0) is 18.1. The Morgan fingerprint density at radius 3 is 2.69 bits per heavy atom. The van der Waals surface area contributed by atoms with Crippen LogP contribution in [0.2, 0.25) is 5.02 Å². The summed E-state index contributed by atoms with van der Waals surface area (Å²) in [5.74, 6) is 0.0108. The van der Waals surface area contributed by atoms with Gasteiger partial charge < -0.3 is 10.2 Å². The van der Waals surface area contributed by atoms with Gasteiger partial charge >= 0.3 is 6.03 Å². The van der Waals surface area contributed by atoms with Crippen LogP contribution in [0.25, 0.3) is 0 Å². The smallest absolute Gasteiger partial charge is 0.322 e. The number of rotatable bonds is 2. The first-order chi connectivity index (χ1) is 12.6. The number of hydrogen-bond acceptors (Lipinski definition) is 2. The van der Waals surface area contributed by atoms with Gasteiger partial charge in [-0.2, -0.15) is 0 Å². The van der Waals surface area contributed by atoms with Gasteiger partial charge in [-0.05, 0) is 48.7 Å². The zero-order valence-electron chi connectivity index (χ0n) is 14.3. The molecule has 0 bridgehead atoms. The summed E-state index contributed by atoms with van der Waals surface area (Å²) in [6.07, 6.45) is 2.25. The van der Waals surface area contributed by atoms with Gasteiger partial charge in [0.1, 0.15) is 0 Å². The summed E-state index contributed by atoms with van der Waals surface area (Å²) < 4.78 is 0. The average Bonchev–Trinajstić information content (AvgIpc) is 3.02. The van der Waals surface area contributed by atoms with Gasteiger partial charge in [-0.25, -0.2) is 4.79 Å². The molecule has 0 aromatic heterocycles. The largest absolute Gasteiger partial charge is 0.333 e. The third-order valence-corrected chi connectivity index (χ3v) is 5.20. The van der Waals surface area contributed by atoms with E-state index in [1.165, 1.54) is 5.56 Å². The Kier molecular flexibility index (Phi) is 4.55. The molecule has 0 aliphatic carbocycles. The van der Waals surface area contributed by atoms with Gasteiger partial charge in [-0.15, -0.1) is 0 Å². The molecule has 1 saturated heterocycles. The number of carbonyl (C=O) groups excluding carboxylic acids is 2. The number of anilines is 2. The first-order valence-electron chi connectivity index (χ1n) is 8.84. The van der Waals surface area contributed by atoms with Crippen molar-refractivity contribution in [2.75, 3.05) is 22.9 Å². The fraction of sp³-hybridized carbons (Fsp3) is 0.300. The molecule has 6 heteroatoms. The number of para-hydroxylation sites is 1. The number of urea groups is 1. The Morgan fingerprint density at radius 2 is 1.88 bits per heavy atom. The van der Waals surface area contributed by atoms with Gasteiger partial charge in [-0.3, -0.25) is 9.69 Å². The second-order valence-electron chi connectivity index (χ2n) is 6.72. The summed E-state index contributed by atoms with van der Waals surface area (Å²) in [5.41, 5.74) is 2.97. The Hall–Kier alpha value is -2.53. The summed E-state index contributed by atoms with van der Waals surface area (Å²) in [5, 5.41) is 3.66. The second-order valence-corrected chi connectivity index (χ2v) is 7.15. The van der Waals surface area contributed by atoms with Crippen molar-refractivity contribution in [3.8, 4) is 0 Å². The first-order valence-corrected chi connectivity index (χ1v) is 9.21. The topological polar surface area (TPSA) is 52.7 Å². The van der Waals surface area contributed by atoms with Gasteiger partial charge in [0, 0.05) is 35.9 Å². The predicted molar refractivity (Wildman–Crippen MR) is 103 cm³/mol. The molecule has 26 heavy (non-hydrogen) atoms. The summed E-state index contributed by atoms with van der Waals surface area (Å²) in [6.45, 7) is 1.17. The number of benzene rings is 2. The van der Waals surface area contributed by atoms with Crippen molar-refractivity contribution in [1.82, 2.24) is 5.32 Å². The number of halogens is 1. The van der Waals surface area contributed by atoms with Crippen molar-refractivity contribution in [3.05, 3.63) is 59.1 Å². The predicted octanol–water partition coefficient (Wildman–Crippen LogP) is 3.61. The number of carbonyl (C=O) groups is 2. The van der Waals surface area contributed by atoms with Gasteiger partial charge in [-0.1, -0.05) is 29.8 Å². The Balaban J connectivity index is 1.45. The third kappa shape index (κ3) is 3.27. The summed E-state index contributed by atoms with van der Waals surface area (Å²) in [4.78, 5) is 28.6. The number of nitrogens with one attached hydrogen (secondary N) is 1. The molecule has 1 fully saturated rings. The Bertz CT molecular complexity index is 837. The summed E-state index contributed by atoms with van der Waals surface area (Å²) in [7, 11) is 0. The minimum atomic E-state index is -0.195. The van der Waals surface area contributed by atoms with E-state index >= 15 is 0 Å². The molecule has 2 aromatic rings. The molecule has 3 amide bonds. The quantitative estimate of drug-likeness (QED) is 0.879. The highest BCUT2D eigenvalue weighted by molar-refractivity contribution is 6.30. The van der Waals surface area contributed by atoms with Crippen LogP contribution in [0.3, 0.4) is 0 Å². The van der Waals surface area contributed by atoms with E-state index in [0.717, 1.165) is 24.2 Å². The van der Waals surface area contributed by atoms with Crippen molar-refractivity contribution in [1.29, 1.82) is 0 Å².